The zero-order chi connectivity index (χ0) is 22.8. The summed E-state index contributed by atoms with van der Waals surface area (Å²) in [4.78, 5) is 20.7. The van der Waals surface area contributed by atoms with Gasteiger partial charge in [0, 0.05) is 30.8 Å². The molecule has 2 aromatic heterocycles. The molecule has 1 fully saturated rings. The van der Waals surface area contributed by atoms with E-state index in [0.717, 1.165) is 52.0 Å². The van der Waals surface area contributed by atoms with Gasteiger partial charge in [-0.25, -0.2) is 9.50 Å². The van der Waals surface area contributed by atoms with Gasteiger partial charge in [0.1, 0.15) is 5.75 Å². The number of rotatable bonds is 6. The average molecular weight is 462 g/mol. The highest BCUT2D eigenvalue weighted by molar-refractivity contribution is 7.20. The van der Waals surface area contributed by atoms with Crippen molar-refractivity contribution in [2.75, 3.05) is 25.1 Å². The first-order valence-corrected chi connectivity index (χ1v) is 12.0. The van der Waals surface area contributed by atoms with Crippen LogP contribution in [0.15, 0.2) is 54.7 Å². The van der Waals surface area contributed by atoms with E-state index in [4.69, 9.17) is 14.8 Å². The molecule has 0 saturated carbocycles. The fourth-order valence-electron chi connectivity index (χ4n) is 4.22. The molecular weight excluding hydrogens is 434 g/mol. The fourth-order valence-corrected chi connectivity index (χ4v) is 5.14. The van der Waals surface area contributed by atoms with Crippen molar-refractivity contribution in [2.24, 2.45) is 5.92 Å². The standard InChI is InChI=1S/C25H27N5O2S/c1-17-9-11-18(12-10-17)21-16-30-24(27-21)33-25(28-30)29-13-5-7-20(15-29)23(31)26-14-19-6-3-4-8-22(19)32-2/h3-4,6,8-12,16,20H,5,7,13-15H2,1-2H3,(H,26,31)/t20-/m1/s1. The maximum absolute atomic E-state index is 12.9. The number of imidazole rings is 1. The van der Waals surface area contributed by atoms with Gasteiger partial charge < -0.3 is 15.0 Å². The van der Waals surface area contributed by atoms with E-state index in [-0.39, 0.29) is 11.8 Å². The van der Waals surface area contributed by atoms with Crippen LogP contribution in [0.25, 0.3) is 16.2 Å². The summed E-state index contributed by atoms with van der Waals surface area (Å²) in [6, 6.07) is 16.1. The Bertz CT molecular complexity index is 1230. The lowest BCUT2D eigenvalue weighted by atomic mass is 9.97. The maximum atomic E-state index is 12.9. The fraction of sp³-hybridized carbons (Fsp3) is 0.320. The lowest BCUT2D eigenvalue weighted by molar-refractivity contribution is -0.125. The van der Waals surface area contributed by atoms with Gasteiger partial charge in [-0.05, 0) is 25.8 Å². The smallest absolute Gasteiger partial charge is 0.225 e. The Morgan fingerprint density at radius 2 is 2.03 bits per heavy atom. The lowest BCUT2D eigenvalue weighted by Gasteiger charge is -2.31. The average Bonchev–Trinajstić information content (AvgIpc) is 3.43. The molecule has 3 heterocycles. The summed E-state index contributed by atoms with van der Waals surface area (Å²) in [6.07, 6.45) is 3.82. The van der Waals surface area contributed by atoms with E-state index >= 15 is 0 Å². The van der Waals surface area contributed by atoms with Gasteiger partial charge >= 0.3 is 0 Å². The highest BCUT2D eigenvalue weighted by Crippen LogP contribution is 2.30. The minimum atomic E-state index is -0.0622. The van der Waals surface area contributed by atoms with Crippen LogP contribution in [-0.2, 0) is 11.3 Å². The molecule has 1 amide bonds. The molecule has 7 nitrogen and oxygen atoms in total. The first kappa shape index (κ1) is 21.5. The monoisotopic (exact) mass is 461 g/mol. The van der Waals surface area contributed by atoms with Gasteiger partial charge in [0.15, 0.2) is 0 Å². The summed E-state index contributed by atoms with van der Waals surface area (Å²) in [5.41, 5.74) is 4.22. The molecule has 5 rings (SSSR count). The van der Waals surface area contributed by atoms with Gasteiger partial charge in [-0.2, -0.15) is 0 Å². The second-order valence-corrected chi connectivity index (χ2v) is 9.35. The van der Waals surface area contributed by atoms with Crippen molar-refractivity contribution < 1.29 is 9.53 Å². The quantitative estimate of drug-likeness (QED) is 0.463. The van der Waals surface area contributed by atoms with Crippen LogP contribution < -0.4 is 15.0 Å². The topological polar surface area (TPSA) is 71.8 Å². The SMILES string of the molecule is COc1ccccc1CNC(=O)[C@@H]1CCCN(c2nn3cc(-c4ccc(C)cc4)nc3s2)C1. The number of aryl methyl sites for hydroxylation is 1. The van der Waals surface area contributed by atoms with Gasteiger partial charge in [0.25, 0.3) is 0 Å². The Labute approximate surface area is 197 Å². The Morgan fingerprint density at radius 1 is 1.21 bits per heavy atom. The number of para-hydroxylation sites is 1. The number of carbonyl (C=O) groups excluding carboxylic acids is 1. The van der Waals surface area contributed by atoms with Crippen LogP contribution in [0.4, 0.5) is 5.13 Å². The molecule has 4 aromatic rings. The minimum Gasteiger partial charge on any atom is -0.496 e. The zero-order valence-electron chi connectivity index (χ0n) is 18.8. The van der Waals surface area contributed by atoms with Crippen molar-refractivity contribution in [3.63, 3.8) is 0 Å². The number of piperidine rings is 1. The highest BCUT2D eigenvalue weighted by Gasteiger charge is 2.28. The Kier molecular flexibility index (Phi) is 6.00. The molecule has 1 aliphatic rings. The first-order chi connectivity index (χ1) is 16.1. The van der Waals surface area contributed by atoms with E-state index in [1.807, 2.05) is 35.0 Å². The molecular formula is C25H27N5O2S. The van der Waals surface area contributed by atoms with Crippen molar-refractivity contribution in [3.8, 4) is 17.0 Å². The number of carbonyl (C=O) groups is 1. The molecule has 170 valence electrons. The summed E-state index contributed by atoms with van der Waals surface area (Å²) in [6.45, 7) is 4.11. The normalized spacial score (nSPS) is 16.2. The number of nitrogens with one attached hydrogen (secondary N) is 1. The largest absolute Gasteiger partial charge is 0.496 e. The summed E-state index contributed by atoms with van der Waals surface area (Å²) >= 11 is 1.57. The van der Waals surface area contributed by atoms with Crippen LogP contribution in [-0.4, -0.2) is 40.7 Å². The zero-order valence-corrected chi connectivity index (χ0v) is 19.6. The van der Waals surface area contributed by atoms with Gasteiger partial charge in [-0.3, -0.25) is 4.79 Å². The molecule has 0 aliphatic carbocycles. The number of fused-ring (bicyclic) bond motifs is 1. The van der Waals surface area contributed by atoms with Crippen LogP contribution in [0, 0.1) is 12.8 Å². The van der Waals surface area contributed by atoms with Gasteiger partial charge in [-0.15, -0.1) is 5.10 Å². The second kappa shape index (κ2) is 9.23. The van der Waals surface area contributed by atoms with Crippen molar-refractivity contribution >= 4 is 27.3 Å². The van der Waals surface area contributed by atoms with E-state index < -0.39 is 0 Å². The molecule has 0 bridgehead atoms. The number of hydrogen-bond acceptors (Lipinski definition) is 6. The first-order valence-electron chi connectivity index (χ1n) is 11.2. The third-order valence-electron chi connectivity index (χ3n) is 6.09. The third kappa shape index (κ3) is 4.57. The van der Waals surface area contributed by atoms with Crippen LogP contribution in [0.2, 0.25) is 0 Å². The Hall–Kier alpha value is -3.39. The number of methoxy groups -OCH3 is 1. The van der Waals surface area contributed by atoms with E-state index in [0.29, 0.717) is 13.1 Å². The number of nitrogens with zero attached hydrogens (tertiary/aromatic N) is 4. The van der Waals surface area contributed by atoms with Crippen molar-refractivity contribution in [3.05, 3.63) is 65.9 Å². The molecule has 0 radical (unpaired) electrons. The molecule has 1 saturated heterocycles. The van der Waals surface area contributed by atoms with Gasteiger partial charge in [0.05, 0.1) is 24.9 Å². The number of aromatic nitrogens is 3. The summed E-state index contributed by atoms with van der Waals surface area (Å²) in [5, 5.41) is 8.76. The van der Waals surface area contributed by atoms with Crippen LogP contribution in [0.3, 0.4) is 0 Å². The molecule has 8 heteroatoms. The minimum absolute atomic E-state index is 0.0622. The number of amides is 1. The number of hydrogen-bond donors (Lipinski definition) is 1. The number of anilines is 1. The lowest BCUT2D eigenvalue weighted by Crippen LogP contribution is -2.43. The predicted octanol–water partition coefficient (Wildman–Crippen LogP) is 4.31. The van der Waals surface area contributed by atoms with Crippen molar-refractivity contribution in [1.82, 2.24) is 19.9 Å². The molecule has 0 spiro atoms. The third-order valence-corrected chi connectivity index (χ3v) is 7.07. The molecule has 33 heavy (non-hydrogen) atoms. The Balaban J connectivity index is 1.25. The molecule has 2 aromatic carbocycles. The predicted molar refractivity (Wildman–Crippen MR) is 131 cm³/mol. The van der Waals surface area contributed by atoms with Gasteiger partial charge in [-0.1, -0.05) is 59.4 Å². The number of benzene rings is 2. The molecule has 1 aliphatic heterocycles. The maximum Gasteiger partial charge on any atom is 0.225 e. The van der Waals surface area contributed by atoms with Gasteiger partial charge in [0.2, 0.25) is 16.0 Å². The summed E-state index contributed by atoms with van der Waals surface area (Å²) in [7, 11) is 1.65. The Morgan fingerprint density at radius 3 is 2.82 bits per heavy atom. The van der Waals surface area contributed by atoms with E-state index in [9.17, 15) is 4.79 Å². The second-order valence-electron chi connectivity index (χ2n) is 8.42. The molecule has 1 N–H and O–H groups in total. The summed E-state index contributed by atoms with van der Waals surface area (Å²) in [5.74, 6) is 0.806. The van der Waals surface area contributed by atoms with Crippen molar-refractivity contribution in [2.45, 2.75) is 26.3 Å². The highest BCUT2D eigenvalue weighted by atomic mass is 32.1. The molecule has 1 atom stereocenters. The van der Waals surface area contributed by atoms with E-state index in [1.165, 1.54) is 5.56 Å². The summed E-state index contributed by atoms with van der Waals surface area (Å²) < 4.78 is 7.23. The van der Waals surface area contributed by atoms with Crippen molar-refractivity contribution in [1.29, 1.82) is 0 Å². The van der Waals surface area contributed by atoms with E-state index in [1.54, 1.807) is 18.4 Å². The van der Waals surface area contributed by atoms with E-state index in [2.05, 4.69) is 41.4 Å². The number of ether oxygens (including phenoxy) is 1. The van der Waals surface area contributed by atoms with Crippen LogP contribution >= 0.6 is 11.3 Å². The van der Waals surface area contributed by atoms with Crippen LogP contribution in [0.5, 0.6) is 5.75 Å². The molecule has 0 unspecified atom stereocenters. The van der Waals surface area contributed by atoms with Crippen LogP contribution in [0.1, 0.15) is 24.0 Å².